The summed E-state index contributed by atoms with van der Waals surface area (Å²) in [5.74, 6) is -1.84. The van der Waals surface area contributed by atoms with Gasteiger partial charge >= 0.3 is 0 Å². The van der Waals surface area contributed by atoms with Crippen molar-refractivity contribution in [3.8, 4) is 5.75 Å². The lowest BCUT2D eigenvalue weighted by atomic mass is 10.1. The predicted molar refractivity (Wildman–Crippen MR) is 124 cm³/mol. The number of hydrogen-bond acceptors (Lipinski definition) is 6. The smallest absolute Gasteiger partial charge is 0.296 e. The molecule has 34 heavy (non-hydrogen) atoms. The summed E-state index contributed by atoms with van der Waals surface area (Å²) in [4.78, 5) is 46.6. The van der Waals surface area contributed by atoms with E-state index in [-0.39, 0.29) is 24.0 Å². The third kappa shape index (κ3) is 4.52. The summed E-state index contributed by atoms with van der Waals surface area (Å²) in [6, 6.07) is 3.75. The molecule has 1 aromatic carbocycles. The number of nitrogens with zero attached hydrogens (tertiary/aromatic N) is 4. The van der Waals surface area contributed by atoms with Crippen molar-refractivity contribution < 1.29 is 19.1 Å². The Bertz CT molecular complexity index is 1210. The maximum absolute atomic E-state index is 13.9. The molecule has 1 unspecified atom stereocenters. The minimum absolute atomic E-state index is 0.0516. The zero-order valence-corrected chi connectivity index (χ0v) is 19.3. The molecule has 9 nitrogen and oxygen atoms in total. The first-order chi connectivity index (χ1) is 16.3. The van der Waals surface area contributed by atoms with Crippen LogP contribution in [0.25, 0.3) is 0 Å². The van der Waals surface area contributed by atoms with Crippen LogP contribution in [0.3, 0.4) is 0 Å². The van der Waals surface area contributed by atoms with E-state index in [1.54, 1.807) is 26.2 Å². The molecule has 2 aliphatic rings. The lowest BCUT2D eigenvalue weighted by molar-refractivity contribution is -0.127. The van der Waals surface area contributed by atoms with Crippen molar-refractivity contribution in [2.24, 2.45) is 0 Å². The van der Waals surface area contributed by atoms with Gasteiger partial charge in [0.1, 0.15) is 11.6 Å². The highest BCUT2D eigenvalue weighted by molar-refractivity contribution is 5.94. The van der Waals surface area contributed by atoms with Crippen molar-refractivity contribution in [1.29, 1.82) is 0 Å². The van der Waals surface area contributed by atoms with Gasteiger partial charge in [-0.25, -0.2) is 9.37 Å². The molecule has 0 radical (unpaired) electrons. The average Bonchev–Trinajstić information content (AvgIpc) is 3.04. The Labute approximate surface area is 196 Å². The van der Waals surface area contributed by atoms with Gasteiger partial charge in [0.25, 0.3) is 11.5 Å². The third-order valence-electron chi connectivity index (χ3n) is 6.40. The minimum Gasteiger partial charge on any atom is -0.501 e. The molecule has 1 atom stereocenters. The summed E-state index contributed by atoms with van der Waals surface area (Å²) in [5, 5.41) is 13.2. The van der Waals surface area contributed by atoms with Crippen molar-refractivity contribution >= 4 is 17.5 Å². The number of halogens is 1. The number of carbonyl (C=O) groups is 2. The van der Waals surface area contributed by atoms with Crippen LogP contribution in [0.1, 0.15) is 53.6 Å². The van der Waals surface area contributed by atoms with Gasteiger partial charge in [-0.15, -0.1) is 0 Å². The summed E-state index contributed by atoms with van der Waals surface area (Å²) < 4.78 is 15.3. The highest BCUT2D eigenvalue weighted by Crippen LogP contribution is 2.29. The van der Waals surface area contributed by atoms with Gasteiger partial charge in [-0.3, -0.25) is 19.0 Å². The first-order valence-electron chi connectivity index (χ1n) is 11.3. The van der Waals surface area contributed by atoms with Crippen molar-refractivity contribution in [2.75, 3.05) is 25.5 Å². The van der Waals surface area contributed by atoms with E-state index in [4.69, 9.17) is 0 Å². The Morgan fingerprint density at radius 3 is 2.74 bits per heavy atom. The number of carbonyl (C=O) groups excluding carboxylic acids is 2. The van der Waals surface area contributed by atoms with Crippen LogP contribution < -0.4 is 15.8 Å². The van der Waals surface area contributed by atoms with Crippen molar-refractivity contribution in [3.63, 3.8) is 0 Å². The maximum atomic E-state index is 13.9. The molecule has 3 heterocycles. The number of amides is 2. The van der Waals surface area contributed by atoms with Crippen molar-refractivity contribution in [1.82, 2.24) is 19.8 Å². The minimum atomic E-state index is -0.728. The van der Waals surface area contributed by atoms with Gasteiger partial charge in [0.15, 0.2) is 5.69 Å². The Hall–Kier alpha value is -3.69. The number of aromatic hydroxyl groups is 1. The third-order valence-corrected chi connectivity index (χ3v) is 6.40. The average molecular weight is 470 g/mol. The molecule has 2 amide bonds. The first-order valence-corrected chi connectivity index (χ1v) is 11.3. The second-order valence-corrected chi connectivity index (χ2v) is 8.65. The summed E-state index contributed by atoms with van der Waals surface area (Å²) in [6.45, 7) is 0.925. The van der Waals surface area contributed by atoms with Crippen LogP contribution in [0.15, 0.2) is 35.1 Å². The van der Waals surface area contributed by atoms with E-state index in [2.05, 4.69) is 10.3 Å². The van der Waals surface area contributed by atoms with Crippen molar-refractivity contribution in [3.05, 3.63) is 63.6 Å². The Morgan fingerprint density at radius 2 is 1.94 bits per heavy atom. The van der Waals surface area contributed by atoms with E-state index in [1.165, 1.54) is 27.7 Å². The molecular weight excluding hydrogens is 441 g/mol. The molecule has 0 aliphatic carbocycles. The van der Waals surface area contributed by atoms with Crippen LogP contribution in [0.5, 0.6) is 5.75 Å². The molecule has 0 spiro atoms. The van der Waals surface area contributed by atoms with Gasteiger partial charge in [-0.2, -0.15) is 0 Å². The molecule has 10 heteroatoms. The van der Waals surface area contributed by atoms with Gasteiger partial charge in [-0.05, 0) is 49.5 Å². The lowest BCUT2D eigenvalue weighted by Crippen LogP contribution is -2.37. The molecule has 1 aromatic heterocycles. The number of hydrogen-bond donors (Lipinski definition) is 2. The Kier molecular flexibility index (Phi) is 6.67. The summed E-state index contributed by atoms with van der Waals surface area (Å²) in [6.07, 6.45) is 5.82. The van der Waals surface area contributed by atoms with Gasteiger partial charge in [0.05, 0.1) is 6.04 Å². The second kappa shape index (κ2) is 9.66. The number of likely N-dealkylation sites (N-methyl/N-ethyl adjacent to an activating group) is 1. The zero-order chi connectivity index (χ0) is 24.4. The number of nitrogens with one attached hydrogen (secondary N) is 1. The highest BCUT2D eigenvalue weighted by atomic mass is 19.1. The van der Waals surface area contributed by atoms with E-state index in [9.17, 15) is 23.9 Å². The summed E-state index contributed by atoms with van der Waals surface area (Å²) >= 11 is 0. The number of fused-ring (bicyclic) bond motifs is 2. The monoisotopic (exact) mass is 469 g/mol. The second-order valence-electron chi connectivity index (χ2n) is 8.65. The molecule has 4 rings (SSSR count). The topological polar surface area (TPSA) is 108 Å². The zero-order valence-electron chi connectivity index (χ0n) is 19.3. The quantitative estimate of drug-likeness (QED) is 0.612. The van der Waals surface area contributed by atoms with E-state index >= 15 is 0 Å². The Morgan fingerprint density at radius 1 is 1.15 bits per heavy atom. The molecule has 0 fully saturated rings. The maximum Gasteiger partial charge on any atom is 0.296 e. The molecule has 0 saturated heterocycles. The van der Waals surface area contributed by atoms with Crippen LogP contribution in [-0.2, 0) is 17.9 Å². The Balaban J connectivity index is 1.82. The van der Waals surface area contributed by atoms with Crippen LogP contribution in [0.2, 0.25) is 0 Å². The van der Waals surface area contributed by atoms with Crippen LogP contribution in [-0.4, -0.2) is 52.0 Å². The molecular formula is C24H28FN5O4. The molecule has 0 saturated carbocycles. The fourth-order valence-electron chi connectivity index (χ4n) is 4.44. The van der Waals surface area contributed by atoms with Gasteiger partial charge < -0.3 is 20.2 Å². The molecule has 2 N–H and O–H groups in total. The summed E-state index contributed by atoms with van der Waals surface area (Å²) in [5.41, 5.74) is 0.155. The van der Waals surface area contributed by atoms with Gasteiger partial charge in [-0.1, -0.05) is 12.1 Å². The fraction of sp³-hybridized carbons (Fsp3) is 0.417. The number of anilines is 1. The largest absolute Gasteiger partial charge is 0.501 e. The lowest BCUT2D eigenvalue weighted by Gasteiger charge is -2.27. The molecule has 2 bridgehead atoms. The molecule has 2 aliphatic heterocycles. The van der Waals surface area contributed by atoms with Crippen molar-refractivity contribution in [2.45, 2.75) is 44.8 Å². The number of benzene rings is 1. The standard InChI is InChI=1S/C24H28FN5O4/c1-28-11-5-4-8-19(31)29(2)17-7-3-6-12-30-22(17)27-20(21(32)24(30)34)23(33)26-14-15-9-10-16(25)13-18(15)28/h4,8-10,13,17,32H,3,5-7,11-12,14H2,1-2H3,(H,26,33)/b8-4+. The molecule has 2 aromatic rings. The van der Waals surface area contributed by atoms with Gasteiger partial charge in [0.2, 0.25) is 11.7 Å². The van der Waals surface area contributed by atoms with Gasteiger partial charge in [0, 0.05) is 39.4 Å². The van der Waals surface area contributed by atoms with E-state index in [0.29, 0.717) is 43.6 Å². The number of rotatable bonds is 0. The van der Waals surface area contributed by atoms with E-state index in [0.717, 1.165) is 6.42 Å². The van der Waals surface area contributed by atoms with Crippen LogP contribution >= 0.6 is 0 Å². The fourth-order valence-corrected chi connectivity index (χ4v) is 4.44. The van der Waals surface area contributed by atoms with E-state index in [1.807, 2.05) is 4.90 Å². The molecule has 180 valence electrons. The SMILES string of the molecule is CN1CC/C=C/C(=O)N(C)C2CCCCn3c2nc(c(O)c3=O)C(=O)NCc2ccc(F)cc21. The summed E-state index contributed by atoms with van der Waals surface area (Å²) in [7, 11) is 3.44. The predicted octanol–water partition coefficient (Wildman–Crippen LogP) is 2.10. The first kappa shape index (κ1) is 23.5. The number of aromatic nitrogens is 2. The normalized spacial score (nSPS) is 20.4. The highest BCUT2D eigenvalue weighted by Gasteiger charge is 2.31. The van der Waals surface area contributed by atoms with Crippen LogP contribution in [0, 0.1) is 5.82 Å². The van der Waals surface area contributed by atoms with Crippen LogP contribution in [0.4, 0.5) is 10.1 Å². The van der Waals surface area contributed by atoms with E-state index < -0.39 is 29.1 Å².